The first-order chi connectivity index (χ1) is 9.13. The van der Waals surface area contributed by atoms with Crippen molar-refractivity contribution in [1.82, 2.24) is 4.57 Å². The van der Waals surface area contributed by atoms with Crippen LogP contribution >= 0.6 is 11.3 Å². The average molecular weight is 274 g/mol. The van der Waals surface area contributed by atoms with Crippen LogP contribution in [-0.4, -0.2) is 10.5 Å². The predicted molar refractivity (Wildman–Crippen MR) is 76.0 cm³/mol. The number of hydrogen-bond acceptors (Lipinski definition) is 3. The van der Waals surface area contributed by atoms with Crippen LogP contribution in [0.2, 0.25) is 0 Å². The molecule has 0 saturated heterocycles. The summed E-state index contributed by atoms with van der Waals surface area (Å²) in [5, 5.41) is 2.83. The summed E-state index contributed by atoms with van der Waals surface area (Å²) in [6.07, 6.45) is 5.00. The second-order valence-electron chi connectivity index (χ2n) is 4.73. The van der Waals surface area contributed by atoms with Crippen LogP contribution in [0.3, 0.4) is 0 Å². The van der Waals surface area contributed by atoms with Crippen LogP contribution in [-0.2, 0) is 19.9 Å². The number of fused-ring (bicyclic) bond motifs is 1. The molecule has 0 aliphatic heterocycles. The number of amides is 1. The number of aromatic nitrogens is 1. The van der Waals surface area contributed by atoms with Gasteiger partial charge in [0.15, 0.2) is 0 Å². The summed E-state index contributed by atoms with van der Waals surface area (Å²) >= 11 is 1.58. The SMILES string of the molecule is Cn1cc(NC(=O)c2cc3c(s2)CCC3)ccc1=O. The first-order valence-corrected chi connectivity index (χ1v) is 7.05. The molecule has 0 atom stereocenters. The van der Waals surface area contributed by atoms with E-state index in [2.05, 4.69) is 5.32 Å². The van der Waals surface area contributed by atoms with Crippen LogP contribution in [0, 0.1) is 0 Å². The van der Waals surface area contributed by atoms with Crippen LogP contribution < -0.4 is 10.9 Å². The minimum Gasteiger partial charge on any atom is -0.320 e. The molecule has 4 nitrogen and oxygen atoms in total. The fourth-order valence-electron chi connectivity index (χ4n) is 2.30. The molecule has 5 heteroatoms. The van der Waals surface area contributed by atoms with Crippen LogP contribution in [0.5, 0.6) is 0 Å². The molecule has 0 aromatic carbocycles. The summed E-state index contributed by atoms with van der Waals surface area (Å²) < 4.78 is 1.45. The lowest BCUT2D eigenvalue weighted by Crippen LogP contribution is -2.17. The number of rotatable bonds is 2. The first kappa shape index (κ1) is 12.2. The number of carbonyl (C=O) groups excluding carboxylic acids is 1. The van der Waals surface area contributed by atoms with Crippen molar-refractivity contribution in [3.8, 4) is 0 Å². The Bertz CT molecular complexity index is 678. The summed E-state index contributed by atoms with van der Waals surface area (Å²) in [6, 6.07) is 5.07. The van der Waals surface area contributed by atoms with Gasteiger partial charge in [-0.2, -0.15) is 0 Å². The summed E-state index contributed by atoms with van der Waals surface area (Å²) in [7, 11) is 1.66. The quantitative estimate of drug-likeness (QED) is 0.912. The van der Waals surface area contributed by atoms with Crippen LogP contribution in [0.1, 0.15) is 26.5 Å². The third kappa shape index (κ3) is 2.33. The molecule has 98 valence electrons. The van der Waals surface area contributed by atoms with Gasteiger partial charge in [-0.05, 0) is 37.0 Å². The lowest BCUT2D eigenvalue weighted by molar-refractivity contribution is 0.103. The largest absolute Gasteiger partial charge is 0.320 e. The van der Waals surface area contributed by atoms with Crippen molar-refractivity contribution >= 4 is 22.9 Å². The maximum absolute atomic E-state index is 12.1. The van der Waals surface area contributed by atoms with Gasteiger partial charge in [0, 0.05) is 24.2 Å². The van der Waals surface area contributed by atoms with Crippen molar-refractivity contribution in [2.24, 2.45) is 7.05 Å². The van der Waals surface area contributed by atoms with Crippen molar-refractivity contribution < 1.29 is 4.79 Å². The molecule has 0 saturated carbocycles. The zero-order chi connectivity index (χ0) is 13.4. The van der Waals surface area contributed by atoms with Gasteiger partial charge in [0.05, 0.1) is 10.6 Å². The number of nitrogens with one attached hydrogen (secondary N) is 1. The van der Waals surface area contributed by atoms with E-state index >= 15 is 0 Å². The van der Waals surface area contributed by atoms with Gasteiger partial charge in [-0.3, -0.25) is 9.59 Å². The molecule has 3 rings (SSSR count). The Morgan fingerprint density at radius 1 is 1.37 bits per heavy atom. The van der Waals surface area contributed by atoms with E-state index in [-0.39, 0.29) is 11.5 Å². The van der Waals surface area contributed by atoms with Crippen molar-refractivity contribution in [2.45, 2.75) is 19.3 Å². The van der Waals surface area contributed by atoms with Crippen molar-refractivity contribution in [1.29, 1.82) is 0 Å². The molecular weight excluding hydrogens is 260 g/mol. The summed E-state index contributed by atoms with van der Waals surface area (Å²) in [4.78, 5) is 25.5. The highest BCUT2D eigenvalue weighted by Gasteiger charge is 2.18. The van der Waals surface area contributed by atoms with Gasteiger partial charge in [0.2, 0.25) is 5.56 Å². The Hall–Kier alpha value is -1.88. The van der Waals surface area contributed by atoms with Crippen molar-refractivity contribution in [3.05, 3.63) is 50.1 Å². The molecule has 19 heavy (non-hydrogen) atoms. The maximum Gasteiger partial charge on any atom is 0.265 e. The Morgan fingerprint density at radius 2 is 2.21 bits per heavy atom. The highest BCUT2D eigenvalue weighted by Crippen LogP contribution is 2.30. The fraction of sp³-hybridized carbons (Fsp3) is 0.286. The van der Waals surface area contributed by atoms with E-state index in [9.17, 15) is 9.59 Å². The molecule has 1 amide bonds. The zero-order valence-electron chi connectivity index (χ0n) is 10.6. The molecule has 1 aliphatic carbocycles. The number of thiophene rings is 1. The van der Waals surface area contributed by atoms with E-state index in [4.69, 9.17) is 0 Å². The second kappa shape index (κ2) is 4.66. The van der Waals surface area contributed by atoms with Gasteiger partial charge in [-0.25, -0.2) is 0 Å². The normalized spacial score (nSPS) is 13.3. The second-order valence-corrected chi connectivity index (χ2v) is 5.87. The molecule has 0 fully saturated rings. The minimum absolute atomic E-state index is 0.0897. The lowest BCUT2D eigenvalue weighted by Gasteiger charge is -2.05. The molecule has 1 aliphatic rings. The average Bonchev–Trinajstić information content (AvgIpc) is 2.94. The summed E-state index contributed by atoms with van der Waals surface area (Å²) in [5.41, 5.74) is 1.87. The molecule has 0 spiro atoms. The highest BCUT2D eigenvalue weighted by atomic mass is 32.1. The minimum atomic E-state index is -0.0990. The molecule has 0 radical (unpaired) electrons. The van der Waals surface area contributed by atoms with Gasteiger partial charge >= 0.3 is 0 Å². The molecule has 2 aromatic heterocycles. The topological polar surface area (TPSA) is 51.1 Å². The van der Waals surface area contributed by atoms with Crippen LogP contribution in [0.25, 0.3) is 0 Å². The Morgan fingerprint density at radius 3 is 2.95 bits per heavy atom. The zero-order valence-corrected chi connectivity index (χ0v) is 11.4. The molecular formula is C14H14N2O2S. The monoisotopic (exact) mass is 274 g/mol. The molecule has 2 heterocycles. The van der Waals surface area contributed by atoms with E-state index in [1.165, 1.54) is 27.5 Å². The lowest BCUT2D eigenvalue weighted by atomic mass is 10.2. The number of hydrogen-bond donors (Lipinski definition) is 1. The van der Waals surface area contributed by atoms with Crippen molar-refractivity contribution in [3.63, 3.8) is 0 Å². The predicted octanol–water partition coefficient (Wildman–Crippen LogP) is 2.19. The van der Waals surface area contributed by atoms with E-state index in [0.29, 0.717) is 5.69 Å². The number of aryl methyl sites for hydroxylation is 3. The van der Waals surface area contributed by atoms with Crippen LogP contribution in [0.4, 0.5) is 5.69 Å². The van der Waals surface area contributed by atoms with Gasteiger partial charge in [0.25, 0.3) is 5.91 Å². The van der Waals surface area contributed by atoms with E-state index in [1.807, 2.05) is 6.07 Å². The van der Waals surface area contributed by atoms with Crippen molar-refractivity contribution in [2.75, 3.05) is 5.32 Å². The maximum atomic E-state index is 12.1. The fourth-order valence-corrected chi connectivity index (χ4v) is 3.45. The highest BCUT2D eigenvalue weighted by molar-refractivity contribution is 7.14. The smallest absolute Gasteiger partial charge is 0.265 e. The van der Waals surface area contributed by atoms with Gasteiger partial charge in [-0.15, -0.1) is 11.3 Å². The third-order valence-electron chi connectivity index (χ3n) is 3.31. The third-order valence-corrected chi connectivity index (χ3v) is 4.55. The van der Waals surface area contributed by atoms with E-state index in [0.717, 1.165) is 17.7 Å². The van der Waals surface area contributed by atoms with Gasteiger partial charge in [0.1, 0.15) is 0 Å². The Kier molecular flexibility index (Phi) is 2.98. The number of nitrogens with zero attached hydrogens (tertiary/aromatic N) is 1. The van der Waals surface area contributed by atoms with Gasteiger partial charge in [-0.1, -0.05) is 0 Å². The van der Waals surface area contributed by atoms with Crippen LogP contribution in [0.15, 0.2) is 29.2 Å². The number of carbonyl (C=O) groups is 1. The standard InChI is InChI=1S/C14H14N2O2S/c1-16-8-10(5-6-13(16)17)15-14(18)12-7-9-3-2-4-11(9)19-12/h5-8H,2-4H2,1H3,(H,15,18). The van der Waals surface area contributed by atoms with E-state index in [1.54, 1.807) is 30.6 Å². The molecule has 0 unspecified atom stereocenters. The molecule has 0 bridgehead atoms. The Labute approximate surface area is 114 Å². The molecule has 1 N–H and O–H groups in total. The summed E-state index contributed by atoms with van der Waals surface area (Å²) in [6.45, 7) is 0. The number of anilines is 1. The Balaban J connectivity index is 1.80. The molecule has 2 aromatic rings. The summed E-state index contributed by atoms with van der Waals surface area (Å²) in [5.74, 6) is -0.0990. The number of pyridine rings is 1. The first-order valence-electron chi connectivity index (χ1n) is 6.23. The van der Waals surface area contributed by atoms with E-state index < -0.39 is 0 Å². The van der Waals surface area contributed by atoms with Gasteiger partial charge < -0.3 is 9.88 Å².